The third-order valence-electron chi connectivity index (χ3n) is 4.72. The molecule has 0 aliphatic carbocycles. The Morgan fingerprint density at radius 3 is 2.32 bits per heavy atom. The number of rotatable bonds is 4. The summed E-state index contributed by atoms with van der Waals surface area (Å²) in [7, 11) is 3.17. The van der Waals surface area contributed by atoms with Crippen molar-refractivity contribution in [2.24, 2.45) is 0 Å². The summed E-state index contributed by atoms with van der Waals surface area (Å²) in [6, 6.07) is 13.9. The van der Waals surface area contributed by atoms with E-state index in [1.54, 1.807) is 26.7 Å². The summed E-state index contributed by atoms with van der Waals surface area (Å²) in [5.74, 6) is 1.03. The van der Waals surface area contributed by atoms with Crippen molar-refractivity contribution in [3.63, 3.8) is 0 Å². The minimum atomic E-state index is 0.449. The SMILES string of the molecule is COc1cc(-c2cc(-c3ccc(N)cc3)c3ncnc(C)c3c2)cnc1OC. The molecule has 0 bridgehead atoms. The Balaban J connectivity index is 1.98. The topological polar surface area (TPSA) is 83.2 Å². The molecule has 2 heterocycles. The van der Waals surface area contributed by atoms with Crippen molar-refractivity contribution >= 4 is 16.6 Å². The summed E-state index contributed by atoms with van der Waals surface area (Å²) in [6.45, 7) is 1.98. The number of hydrogen-bond donors (Lipinski definition) is 1. The molecule has 0 saturated heterocycles. The lowest BCUT2D eigenvalue weighted by Gasteiger charge is -2.13. The predicted molar refractivity (Wildman–Crippen MR) is 110 cm³/mol. The third-order valence-corrected chi connectivity index (χ3v) is 4.72. The van der Waals surface area contributed by atoms with E-state index in [1.165, 1.54) is 0 Å². The van der Waals surface area contributed by atoms with E-state index in [0.717, 1.165) is 44.5 Å². The van der Waals surface area contributed by atoms with Gasteiger partial charge in [-0.25, -0.2) is 15.0 Å². The minimum absolute atomic E-state index is 0.449. The van der Waals surface area contributed by atoms with Gasteiger partial charge in [0.15, 0.2) is 5.75 Å². The number of anilines is 1. The van der Waals surface area contributed by atoms with Gasteiger partial charge >= 0.3 is 0 Å². The van der Waals surface area contributed by atoms with Crippen molar-refractivity contribution in [2.45, 2.75) is 6.92 Å². The average molecular weight is 372 g/mol. The maximum Gasteiger partial charge on any atom is 0.256 e. The highest BCUT2D eigenvalue weighted by atomic mass is 16.5. The van der Waals surface area contributed by atoms with Crippen LogP contribution in [0.2, 0.25) is 0 Å². The van der Waals surface area contributed by atoms with E-state index in [2.05, 4.69) is 27.1 Å². The summed E-state index contributed by atoms with van der Waals surface area (Å²) < 4.78 is 10.7. The Morgan fingerprint density at radius 2 is 1.61 bits per heavy atom. The van der Waals surface area contributed by atoms with Crippen molar-refractivity contribution in [1.29, 1.82) is 0 Å². The molecule has 0 aliphatic heterocycles. The molecular weight excluding hydrogens is 352 g/mol. The first-order chi connectivity index (χ1) is 13.6. The fourth-order valence-electron chi connectivity index (χ4n) is 3.23. The molecule has 6 nitrogen and oxygen atoms in total. The van der Waals surface area contributed by atoms with E-state index >= 15 is 0 Å². The summed E-state index contributed by atoms with van der Waals surface area (Å²) in [5.41, 5.74) is 12.3. The maximum absolute atomic E-state index is 5.86. The van der Waals surface area contributed by atoms with Crippen molar-refractivity contribution < 1.29 is 9.47 Å². The van der Waals surface area contributed by atoms with Crippen LogP contribution in [-0.4, -0.2) is 29.2 Å². The van der Waals surface area contributed by atoms with E-state index in [0.29, 0.717) is 11.6 Å². The highest BCUT2D eigenvalue weighted by Gasteiger charge is 2.13. The number of methoxy groups -OCH3 is 2. The second-order valence-corrected chi connectivity index (χ2v) is 6.44. The Hall–Kier alpha value is -3.67. The zero-order valence-corrected chi connectivity index (χ0v) is 15.9. The number of nitrogen functional groups attached to an aromatic ring is 1. The average Bonchev–Trinajstić information content (AvgIpc) is 2.73. The Kier molecular flexibility index (Phi) is 4.53. The number of pyridine rings is 1. The standard InChI is InChI=1S/C22H20N4O2/c1-13-18-8-15(16-10-20(27-2)22(28-3)24-11-16)9-19(21(18)26-12-25-13)14-4-6-17(23)7-5-14/h4-12H,23H2,1-3H3. The molecule has 0 radical (unpaired) electrons. The van der Waals surface area contributed by atoms with Crippen LogP contribution in [0.25, 0.3) is 33.2 Å². The van der Waals surface area contributed by atoms with E-state index in [9.17, 15) is 0 Å². The van der Waals surface area contributed by atoms with Crippen molar-refractivity contribution in [2.75, 3.05) is 20.0 Å². The second-order valence-electron chi connectivity index (χ2n) is 6.44. The molecule has 0 saturated carbocycles. The molecule has 0 fully saturated rings. The molecule has 0 amide bonds. The summed E-state index contributed by atoms with van der Waals surface area (Å²) >= 11 is 0. The van der Waals surface area contributed by atoms with Gasteiger partial charge in [0, 0.05) is 34.1 Å². The van der Waals surface area contributed by atoms with Gasteiger partial charge in [0.25, 0.3) is 5.88 Å². The normalized spacial score (nSPS) is 10.8. The van der Waals surface area contributed by atoms with Gasteiger partial charge in [-0.1, -0.05) is 12.1 Å². The number of aromatic nitrogens is 3. The van der Waals surface area contributed by atoms with E-state index in [4.69, 9.17) is 15.2 Å². The van der Waals surface area contributed by atoms with Crippen LogP contribution in [0.1, 0.15) is 5.69 Å². The van der Waals surface area contributed by atoms with Gasteiger partial charge in [0.2, 0.25) is 0 Å². The Bertz CT molecular complexity index is 1160. The highest BCUT2D eigenvalue weighted by Crippen LogP contribution is 2.36. The molecule has 140 valence electrons. The first-order valence-corrected chi connectivity index (χ1v) is 8.80. The number of fused-ring (bicyclic) bond motifs is 1. The lowest BCUT2D eigenvalue weighted by atomic mass is 9.95. The second kappa shape index (κ2) is 7.15. The van der Waals surface area contributed by atoms with E-state index in [-0.39, 0.29) is 0 Å². The molecule has 28 heavy (non-hydrogen) atoms. The Labute approximate surface area is 163 Å². The summed E-state index contributed by atoms with van der Waals surface area (Å²) in [4.78, 5) is 13.3. The van der Waals surface area contributed by atoms with Crippen LogP contribution in [-0.2, 0) is 0 Å². The number of nitrogens with zero attached hydrogens (tertiary/aromatic N) is 3. The first kappa shape index (κ1) is 17.7. The van der Waals surface area contributed by atoms with Crippen LogP contribution in [0.15, 0.2) is 55.0 Å². The van der Waals surface area contributed by atoms with Crippen LogP contribution in [0.3, 0.4) is 0 Å². The van der Waals surface area contributed by atoms with Gasteiger partial charge in [-0.15, -0.1) is 0 Å². The molecule has 2 aromatic heterocycles. The van der Waals surface area contributed by atoms with Gasteiger partial charge in [0.05, 0.1) is 19.7 Å². The van der Waals surface area contributed by atoms with Crippen LogP contribution in [0.5, 0.6) is 11.6 Å². The highest BCUT2D eigenvalue weighted by molar-refractivity contribution is 5.98. The lowest BCUT2D eigenvalue weighted by Crippen LogP contribution is -1.95. The third kappa shape index (κ3) is 3.09. The van der Waals surface area contributed by atoms with Crippen LogP contribution in [0, 0.1) is 6.92 Å². The molecule has 4 aromatic rings. The molecule has 0 unspecified atom stereocenters. The predicted octanol–water partition coefficient (Wildman–Crippen LogP) is 4.27. The van der Waals surface area contributed by atoms with Gasteiger partial charge in [-0.3, -0.25) is 0 Å². The number of benzene rings is 2. The van der Waals surface area contributed by atoms with E-state index in [1.807, 2.05) is 37.3 Å². The number of hydrogen-bond acceptors (Lipinski definition) is 6. The molecule has 0 aliphatic rings. The minimum Gasteiger partial charge on any atom is -0.491 e. The van der Waals surface area contributed by atoms with Crippen LogP contribution < -0.4 is 15.2 Å². The Morgan fingerprint density at radius 1 is 0.821 bits per heavy atom. The lowest BCUT2D eigenvalue weighted by molar-refractivity contribution is 0.343. The molecule has 2 aromatic carbocycles. The van der Waals surface area contributed by atoms with Crippen LogP contribution in [0.4, 0.5) is 5.69 Å². The van der Waals surface area contributed by atoms with Crippen LogP contribution >= 0.6 is 0 Å². The first-order valence-electron chi connectivity index (χ1n) is 8.80. The monoisotopic (exact) mass is 372 g/mol. The maximum atomic E-state index is 5.86. The molecule has 6 heteroatoms. The van der Waals surface area contributed by atoms with E-state index < -0.39 is 0 Å². The van der Waals surface area contributed by atoms with Gasteiger partial charge in [0.1, 0.15) is 6.33 Å². The zero-order valence-electron chi connectivity index (χ0n) is 15.9. The van der Waals surface area contributed by atoms with Crippen molar-refractivity contribution in [1.82, 2.24) is 15.0 Å². The number of ether oxygens (including phenoxy) is 2. The molecular formula is C22H20N4O2. The number of nitrogens with two attached hydrogens (primary N) is 1. The molecule has 0 atom stereocenters. The smallest absolute Gasteiger partial charge is 0.256 e. The van der Waals surface area contributed by atoms with Gasteiger partial charge < -0.3 is 15.2 Å². The molecule has 4 rings (SSSR count). The van der Waals surface area contributed by atoms with Crippen molar-refractivity contribution in [3.8, 4) is 33.9 Å². The van der Waals surface area contributed by atoms with Gasteiger partial charge in [-0.2, -0.15) is 0 Å². The quantitative estimate of drug-likeness (QED) is 0.539. The number of aryl methyl sites for hydroxylation is 1. The fraction of sp³-hybridized carbons (Fsp3) is 0.136. The van der Waals surface area contributed by atoms with Gasteiger partial charge in [-0.05, 0) is 48.4 Å². The molecule has 0 spiro atoms. The zero-order chi connectivity index (χ0) is 19.7. The molecule has 2 N–H and O–H groups in total. The largest absolute Gasteiger partial charge is 0.491 e. The summed E-state index contributed by atoms with van der Waals surface area (Å²) in [5, 5.41) is 0.988. The van der Waals surface area contributed by atoms with Crippen molar-refractivity contribution in [3.05, 3.63) is 60.7 Å². The fourth-order valence-corrected chi connectivity index (χ4v) is 3.23. The summed E-state index contributed by atoms with van der Waals surface area (Å²) in [6.07, 6.45) is 3.37.